The standard InChI is InChI=1S/C25H24ClN3O.C3H6O2.CO2/c26-24-9-6-21-10-12-28-13-11-23(21)25(24)29-16-18-4-7-22(8-5-18)30-17-20-3-1-2-19(14-20)15-27;1-2-3(4)5;2-1-3/h1-9,14,28-29H,10-13,16-17H2;2H2,1H3,(H,4,5);. The number of hydrogen-bond acceptors (Lipinski definition) is 7. The van der Waals surface area contributed by atoms with Gasteiger partial charge in [-0.25, -0.2) is 0 Å². The molecule has 1 aliphatic heterocycles. The van der Waals surface area contributed by atoms with Crippen LogP contribution in [0.5, 0.6) is 5.75 Å². The Balaban J connectivity index is 0.000000559. The number of carboxylic acid groups (broad SMARTS) is 1. The van der Waals surface area contributed by atoms with Crippen LogP contribution in [0.25, 0.3) is 0 Å². The highest BCUT2D eigenvalue weighted by Gasteiger charge is 2.14. The van der Waals surface area contributed by atoms with Gasteiger partial charge in [-0.15, -0.1) is 0 Å². The minimum atomic E-state index is -0.745. The third-order valence-corrected chi connectivity index (χ3v) is 5.95. The number of fused-ring (bicyclic) bond motifs is 1. The van der Waals surface area contributed by atoms with E-state index >= 15 is 0 Å². The van der Waals surface area contributed by atoms with Crippen molar-refractivity contribution in [1.29, 1.82) is 5.26 Å². The van der Waals surface area contributed by atoms with Crippen molar-refractivity contribution in [3.8, 4) is 11.8 Å². The number of hydrogen-bond donors (Lipinski definition) is 3. The van der Waals surface area contributed by atoms with E-state index in [4.69, 9.17) is 36.3 Å². The molecular formula is C29H30ClN3O5. The molecule has 0 radical (unpaired) electrons. The Morgan fingerprint density at radius 2 is 1.76 bits per heavy atom. The second-order valence-corrected chi connectivity index (χ2v) is 8.65. The summed E-state index contributed by atoms with van der Waals surface area (Å²) >= 11 is 6.50. The number of rotatable bonds is 7. The summed E-state index contributed by atoms with van der Waals surface area (Å²) in [5.41, 5.74) is 6.53. The van der Waals surface area contributed by atoms with E-state index in [0.717, 1.165) is 53.5 Å². The lowest BCUT2D eigenvalue weighted by atomic mass is 10.0. The van der Waals surface area contributed by atoms with E-state index in [1.165, 1.54) is 11.1 Å². The number of aliphatic carboxylic acids is 1. The zero-order chi connectivity index (χ0) is 27.8. The lowest BCUT2D eigenvalue weighted by Crippen LogP contribution is -2.16. The molecule has 3 N–H and O–H groups in total. The summed E-state index contributed by atoms with van der Waals surface area (Å²) in [7, 11) is 0. The summed E-state index contributed by atoms with van der Waals surface area (Å²) in [6.45, 7) is 4.73. The van der Waals surface area contributed by atoms with Crippen molar-refractivity contribution >= 4 is 29.4 Å². The monoisotopic (exact) mass is 535 g/mol. The first-order chi connectivity index (χ1) is 18.4. The number of carbonyl (C=O) groups is 1. The van der Waals surface area contributed by atoms with Gasteiger partial charge in [-0.3, -0.25) is 4.79 Å². The Bertz CT molecular complexity index is 1270. The van der Waals surface area contributed by atoms with Crippen LogP contribution in [-0.2, 0) is 40.4 Å². The predicted octanol–water partition coefficient (Wildman–Crippen LogP) is 4.99. The largest absolute Gasteiger partial charge is 0.489 e. The van der Waals surface area contributed by atoms with E-state index in [0.29, 0.717) is 18.7 Å². The Morgan fingerprint density at radius 1 is 1.08 bits per heavy atom. The lowest BCUT2D eigenvalue weighted by Gasteiger charge is -2.16. The highest BCUT2D eigenvalue weighted by Crippen LogP contribution is 2.31. The van der Waals surface area contributed by atoms with Gasteiger partial charge >= 0.3 is 12.1 Å². The maximum absolute atomic E-state index is 9.37. The van der Waals surface area contributed by atoms with Crippen molar-refractivity contribution in [2.24, 2.45) is 0 Å². The maximum atomic E-state index is 9.37. The van der Waals surface area contributed by atoms with Gasteiger partial charge in [0, 0.05) is 13.0 Å². The molecule has 9 heteroatoms. The van der Waals surface area contributed by atoms with Gasteiger partial charge in [0.15, 0.2) is 0 Å². The predicted molar refractivity (Wildman–Crippen MR) is 144 cm³/mol. The Morgan fingerprint density at radius 3 is 2.42 bits per heavy atom. The summed E-state index contributed by atoms with van der Waals surface area (Å²) in [5.74, 6) is 0.0591. The molecule has 0 fully saturated rings. The number of anilines is 1. The summed E-state index contributed by atoms with van der Waals surface area (Å²) in [6.07, 6.45) is 2.49. The van der Waals surface area contributed by atoms with Gasteiger partial charge in [-0.1, -0.05) is 48.9 Å². The van der Waals surface area contributed by atoms with Gasteiger partial charge in [-0.05, 0) is 78.5 Å². The average Bonchev–Trinajstić information content (AvgIpc) is 3.18. The zero-order valence-electron chi connectivity index (χ0n) is 21.1. The quantitative estimate of drug-likeness (QED) is 0.386. The first-order valence-electron chi connectivity index (χ1n) is 12.1. The van der Waals surface area contributed by atoms with Gasteiger partial charge in [0.25, 0.3) is 0 Å². The first-order valence-corrected chi connectivity index (χ1v) is 12.5. The Labute approximate surface area is 227 Å². The lowest BCUT2D eigenvalue weighted by molar-refractivity contribution is -0.191. The van der Waals surface area contributed by atoms with Crippen LogP contribution in [0.2, 0.25) is 5.02 Å². The first kappa shape index (κ1) is 30.1. The minimum absolute atomic E-state index is 0.222. The number of nitriles is 1. The maximum Gasteiger partial charge on any atom is 0.373 e. The van der Waals surface area contributed by atoms with Crippen LogP contribution in [0.3, 0.4) is 0 Å². The molecule has 38 heavy (non-hydrogen) atoms. The Hall–Kier alpha value is -4.15. The second kappa shape index (κ2) is 16.6. The summed E-state index contributed by atoms with van der Waals surface area (Å²) in [6, 6.07) is 21.8. The molecule has 4 rings (SSSR count). The number of benzene rings is 3. The van der Waals surface area contributed by atoms with E-state index < -0.39 is 5.97 Å². The molecule has 1 heterocycles. The number of nitrogens with one attached hydrogen (secondary N) is 2. The molecule has 0 amide bonds. The van der Waals surface area contributed by atoms with Gasteiger partial charge in [0.1, 0.15) is 12.4 Å². The van der Waals surface area contributed by atoms with Crippen LogP contribution in [0.15, 0.2) is 60.7 Å². The molecule has 0 atom stereocenters. The van der Waals surface area contributed by atoms with E-state index in [-0.39, 0.29) is 12.6 Å². The highest BCUT2D eigenvalue weighted by molar-refractivity contribution is 6.33. The number of nitrogens with zero attached hydrogens (tertiary/aromatic N) is 1. The fourth-order valence-electron chi connectivity index (χ4n) is 3.73. The molecule has 1 aliphatic rings. The molecule has 0 saturated carbocycles. The van der Waals surface area contributed by atoms with Crippen LogP contribution in [0, 0.1) is 11.3 Å². The average molecular weight is 536 g/mol. The SMILES string of the molecule is CCC(=O)O.N#Cc1cccc(COc2ccc(CNc3c(Cl)ccc4c3CCNCC4)cc2)c1.O=C=O. The third kappa shape index (κ3) is 10.1. The molecule has 0 spiro atoms. The van der Waals surface area contributed by atoms with Crippen LogP contribution in [0.1, 0.15) is 41.2 Å². The van der Waals surface area contributed by atoms with E-state index in [2.05, 4.69) is 34.9 Å². The van der Waals surface area contributed by atoms with Gasteiger partial charge in [0.2, 0.25) is 0 Å². The fourth-order valence-corrected chi connectivity index (χ4v) is 3.97. The normalized spacial score (nSPS) is 11.5. The van der Waals surface area contributed by atoms with Crippen molar-refractivity contribution in [1.82, 2.24) is 5.32 Å². The van der Waals surface area contributed by atoms with E-state index in [1.807, 2.05) is 36.4 Å². The van der Waals surface area contributed by atoms with Crippen molar-refractivity contribution in [2.75, 3.05) is 18.4 Å². The molecular weight excluding hydrogens is 506 g/mol. The molecule has 3 aromatic carbocycles. The molecule has 0 aromatic heterocycles. The third-order valence-electron chi connectivity index (χ3n) is 5.64. The van der Waals surface area contributed by atoms with Crippen molar-refractivity contribution in [3.63, 3.8) is 0 Å². The van der Waals surface area contributed by atoms with Gasteiger partial charge in [0.05, 0.1) is 22.3 Å². The molecule has 8 nitrogen and oxygen atoms in total. The fraction of sp³-hybridized carbons (Fsp3) is 0.276. The second-order valence-electron chi connectivity index (χ2n) is 8.24. The number of carboxylic acids is 1. The Kier molecular flexibility index (Phi) is 13.1. The van der Waals surface area contributed by atoms with Gasteiger partial charge < -0.3 is 20.5 Å². The summed E-state index contributed by atoms with van der Waals surface area (Å²) in [4.78, 5) is 25.6. The molecule has 3 aromatic rings. The zero-order valence-corrected chi connectivity index (χ0v) is 21.9. The van der Waals surface area contributed by atoms with Crippen molar-refractivity contribution < 1.29 is 24.2 Å². The highest BCUT2D eigenvalue weighted by atomic mass is 35.5. The molecule has 198 valence electrons. The van der Waals surface area contributed by atoms with Crippen LogP contribution < -0.4 is 15.4 Å². The molecule has 0 saturated heterocycles. The molecule has 0 aliphatic carbocycles. The number of ether oxygens (including phenoxy) is 1. The smallest absolute Gasteiger partial charge is 0.373 e. The van der Waals surface area contributed by atoms with Crippen molar-refractivity contribution in [2.45, 2.75) is 39.3 Å². The van der Waals surface area contributed by atoms with Gasteiger partial charge in [-0.2, -0.15) is 14.9 Å². The van der Waals surface area contributed by atoms with Crippen LogP contribution in [0.4, 0.5) is 5.69 Å². The summed E-state index contributed by atoms with van der Waals surface area (Å²) < 4.78 is 5.86. The van der Waals surface area contributed by atoms with Crippen LogP contribution in [-0.4, -0.2) is 30.3 Å². The molecule has 0 bridgehead atoms. The van der Waals surface area contributed by atoms with Crippen molar-refractivity contribution in [3.05, 3.63) is 93.5 Å². The summed E-state index contributed by atoms with van der Waals surface area (Å²) in [5, 5.41) is 24.5. The van der Waals surface area contributed by atoms with Crippen LogP contribution >= 0.6 is 11.6 Å². The minimum Gasteiger partial charge on any atom is -0.489 e. The molecule has 0 unspecified atom stereocenters. The number of carbonyl (C=O) groups excluding carboxylic acids is 2. The number of halogens is 1. The topological polar surface area (TPSA) is 129 Å². The van der Waals surface area contributed by atoms with E-state index in [9.17, 15) is 4.79 Å². The van der Waals surface area contributed by atoms with E-state index in [1.54, 1.807) is 13.0 Å².